The molecule has 0 radical (unpaired) electrons. The Morgan fingerprint density at radius 2 is 2.22 bits per heavy atom. The Morgan fingerprint density at radius 1 is 1.48 bits per heavy atom. The monoisotopic (exact) mass is 319 g/mol. The van der Waals surface area contributed by atoms with Crippen molar-refractivity contribution in [1.82, 2.24) is 14.8 Å². The molecule has 2 rings (SSSR count). The van der Waals surface area contributed by atoms with Gasteiger partial charge in [-0.05, 0) is 36.9 Å². The van der Waals surface area contributed by atoms with Gasteiger partial charge in [0.1, 0.15) is 6.04 Å². The number of carbonyl (C=O) groups is 2. The molecule has 2 heterocycles. The first-order chi connectivity index (χ1) is 10.9. The number of rotatable bonds is 6. The number of likely N-dealkylation sites (N-methyl/N-ethyl adjacent to an activating group) is 1. The van der Waals surface area contributed by atoms with Gasteiger partial charge >= 0.3 is 5.97 Å². The van der Waals surface area contributed by atoms with Crippen LogP contribution in [-0.4, -0.2) is 57.4 Å². The van der Waals surface area contributed by atoms with Gasteiger partial charge in [-0.2, -0.15) is 0 Å². The summed E-state index contributed by atoms with van der Waals surface area (Å²) in [6.07, 6.45) is 5.25. The van der Waals surface area contributed by atoms with Crippen molar-refractivity contribution in [1.29, 1.82) is 0 Å². The molecule has 0 spiro atoms. The number of carboxylic acids is 1. The van der Waals surface area contributed by atoms with Crippen molar-refractivity contribution >= 4 is 11.9 Å². The third-order valence-electron chi connectivity index (χ3n) is 4.41. The van der Waals surface area contributed by atoms with Gasteiger partial charge in [-0.3, -0.25) is 14.7 Å². The standard InChI is InChI=1S/C17H25N3O3/c1-12(2)15(17(22)23)19(3)16(21)14-7-5-9-20(14)11-13-6-4-8-18-10-13/h4,6,8,10,12,14-15H,5,7,9,11H2,1-3H3,(H,22,23)/t14-,15+/m1/s1. The van der Waals surface area contributed by atoms with Crippen LogP contribution in [0, 0.1) is 5.92 Å². The van der Waals surface area contributed by atoms with Gasteiger partial charge in [0.05, 0.1) is 6.04 Å². The summed E-state index contributed by atoms with van der Waals surface area (Å²) in [7, 11) is 1.60. The van der Waals surface area contributed by atoms with E-state index < -0.39 is 12.0 Å². The van der Waals surface area contributed by atoms with Crippen molar-refractivity contribution in [2.75, 3.05) is 13.6 Å². The molecule has 6 heteroatoms. The number of hydrogen-bond acceptors (Lipinski definition) is 4. The molecular formula is C17H25N3O3. The van der Waals surface area contributed by atoms with Gasteiger partial charge in [0, 0.05) is 26.0 Å². The highest BCUT2D eigenvalue weighted by atomic mass is 16.4. The van der Waals surface area contributed by atoms with Crippen LogP contribution in [0.1, 0.15) is 32.3 Å². The van der Waals surface area contributed by atoms with Crippen LogP contribution in [0.5, 0.6) is 0 Å². The summed E-state index contributed by atoms with van der Waals surface area (Å²) in [5.41, 5.74) is 1.06. The van der Waals surface area contributed by atoms with E-state index in [2.05, 4.69) is 9.88 Å². The Labute approximate surface area is 137 Å². The SMILES string of the molecule is CC(C)[C@@H](C(=O)O)N(C)C(=O)[C@H]1CCCN1Cc1cccnc1. The molecule has 1 aromatic rings. The number of likely N-dealkylation sites (tertiary alicyclic amines) is 1. The molecule has 0 unspecified atom stereocenters. The molecule has 1 N–H and O–H groups in total. The summed E-state index contributed by atoms with van der Waals surface area (Å²) < 4.78 is 0. The number of aromatic nitrogens is 1. The molecule has 23 heavy (non-hydrogen) atoms. The first-order valence-corrected chi connectivity index (χ1v) is 8.04. The quantitative estimate of drug-likeness (QED) is 0.862. The lowest BCUT2D eigenvalue weighted by Crippen LogP contribution is -2.52. The molecule has 1 fully saturated rings. The van der Waals surface area contributed by atoms with E-state index >= 15 is 0 Å². The van der Waals surface area contributed by atoms with Gasteiger partial charge in [-0.15, -0.1) is 0 Å². The van der Waals surface area contributed by atoms with Crippen molar-refractivity contribution in [2.45, 2.75) is 45.3 Å². The van der Waals surface area contributed by atoms with E-state index in [0.717, 1.165) is 24.9 Å². The Bertz CT molecular complexity index is 547. The summed E-state index contributed by atoms with van der Waals surface area (Å²) in [5, 5.41) is 9.39. The van der Waals surface area contributed by atoms with Crippen LogP contribution >= 0.6 is 0 Å². The number of nitrogens with zero attached hydrogens (tertiary/aromatic N) is 3. The molecule has 2 atom stereocenters. The second kappa shape index (κ2) is 7.55. The van der Waals surface area contributed by atoms with E-state index in [1.807, 2.05) is 26.0 Å². The lowest BCUT2D eigenvalue weighted by atomic mass is 10.0. The average molecular weight is 319 g/mol. The van der Waals surface area contributed by atoms with Crippen molar-refractivity contribution in [3.8, 4) is 0 Å². The topological polar surface area (TPSA) is 73.7 Å². The lowest BCUT2D eigenvalue weighted by molar-refractivity contribution is -0.152. The van der Waals surface area contributed by atoms with Crippen LogP contribution in [-0.2, 0) is 16.1 Å². The third kappa shape index (κ3) is 4.07. The minimum Gasteiger partial charge on any atom is -0.480 e. The molecule has 0 aliphatic carbocycles. The number of pyridine rings is 1. The molecule has 1 saturated heterocycles. The number of carboxylic acid groups (broad SMARTS) is 1. The molecule has 0 bridgehead atoms. The normalized spacial score (nSPS) is 19.7. The summed E-state index contributed by atoms with van der Waals surface area (Å²) >= 11 is 0. The summed E-state index contributed by atoms with van der Waals surface area (Å²) in [6, 6.07) is 2.84. The zero-order valence-corrected chi connectivity index (χ0v) is 14.0. The minimum absolute atomic E-state index is 0.104. The molecule has 1 aromatic heterocycles. The first-order valence-electron chi connectivity index (χ1n) is 8.04. The van der Waals surface area contributed by atoms with Gasteiger partial charge in [-0.1, -0.05) is 19.9 Å². The van der Waals surface area contributed by atoms with E-state index in [1.165, 1.54) is 4.90 Å². The molecule has 1 amide bonds. The van der Waals surface area contributed by atoms with Crippen molar-refractivity contribution in [2.24, 2.45) is 5.92 Å². The predicted octanol–water partition coefficient (Wildman–Crippen LogP) is 1.61. The second-order valence-electron chi connectivity index (χ2n) is 6.47. The highest BCUT2D eigenvalue weighted by molar-refractivity contribution is 5.87. The summed E-state index contributed by atoms with van der Waals surface area (Å²) in [5.74, 6) is -1.19. The molecule has 126 valence electrons. The number of amides is 1. The maximum absolute atomic E-state index is 12.8. The van der Waals surface area contributed by atoms with E-state index in [4.69, 9.17) is 0 Å². The van der Waals surface area contributed by atoms with E-state index in [-0.39, 0.29) is 17.9 Å². The fourth-order valence-electron chi connectivity index (χ4n) is 3.29. The smallest absolute Gasteiger partial charge is 0.326 e. The fourth-order valence-corrected chi connectivity index (χ4v) is 3.29. The zero-order valence-electron chi connectivity index (χ0n) is 14.0. The highest BCUT2D eigenvalue weighted by Gasteiger charge is 2.37. The van der Waals surface area contributed by atoms with Gasteiger partial charge in [0.25, 0.3) is 0 Å². The van der Waals surface area contributed by atoms with E-state index in [9.17, 15) is 14.7 Å². The molecule has 0 saturated carbocycles. The molecule has 1 aliphatic heterocycles. The second-order valence-corrected chi connectivity index (χ2v) is 6.47. The third-order valence-corrected chi connectivity index (χ3v) is 4.41. The lowest BCUT2D eigenvalue weighted by Gasteiger charge is -2.32. The summed E-state index contributed by atoms with van der Waals surface area (Å²) in [6.45, 7) is 5.16. The van der Waals surface area contributed by atoms with Crippen LogP contribution in [0.4, 0.5) is 0 Å². The number of carbonyl (C=O) groups excluding carboxylic acids is 1. The van der Waals surface area contributed by atoms with Crippen molar-refractivity contribution in [3.63, 3.8) is 0 Å². The molecular weight excluding hydrogens is 294 g/mol. The number of aliphatic carboxylic acids is 1. The maximum atomic E-state index is 12.8. The Hall–Kier alpha value is -1.95. The van der Waals surface area contributed by atoms with Crippen LogP contribution in [0.25, 0.3) is 0 Å². The van der Waals surface area contributed by atoms with Gasteiger partial charge in [-0.25, -0.2) is 4.79 Å². The fraction of sp³-hybridized carbons (Fsp3) is 0.588. The Morgan fingerprint density at radius 3 is 2.78 bits per heavy atom. The summed E-state index contributed by atoms with van der Waals surface area (Å²) in [4.78, 5) is 31.9. The van der Waals surface area contributed by atoms with Crippen molar-refractivity contribution in [3.05, 3.63) is 30.1 Å². The minimum atomic E-state index is -0.951. The van der Waals surface area contributed by atoms with Crippen LogP contribution in [0.15, 0.2) is 24.5 Å². The maximum Gasteiger partial charge on any atom is 0.326 e. The predicted molar refractivity (Wildman–Crippen MR) is 86.7 cm³/mol. The van der Waals surface area contributed by atoms with Gasteiger partial charge in [0.15, 0.2) is 0 Å². The van der Waals surface area contributed by atoms with Crippen LogP contribution < -0.4 is 0 Å². The molecule has 6 nitrogen and oxygen atoms in total. The Balaban J connectivity index is 2.09. The Kier molecular flexibility index (Phi) is 5.71. The van der Waals surface area contributed by atoms with Crippen molar-refractivity contribution < 1.29 is 14.7 Å². The van der Waals surface area contributed by atoms with E-state index in [0.29, 0.717) is 6.54 Å². The first kappa shape index (κ1) is 17.4. The zero-order chi connectivity index (χ0) is 17.0. The van der Waals surface area contributed by atoms with E-state index in [1.54, 1.807) is 19.4 Å². The van der Waals surface area contributed by atoms with Gasteiger partial charge in [0.2, 0.25) is 5.91 Å². The van der Waals surface area contributed by atoms with Crippen LogP contribution in [0.2, 0.25) is 0 Å². The van der Waals surface area contributed by atoms with Gasteiger partial charge < -0.3 is 10.0 Å². The largest absolute Gasteiger partial charge is 0.480 e. The molecule has 1 aliphatic rings. The highest BCUT2D eigenvalue weighted by Crippen LogP contribution is 2.23. The average Bonchev–Trinajstić information content (AvgIpc) is 2.94. The number of hydrogen-bond donors (Lipinski definition) is 1. The van der Waals surface area contributed by atoms with Crippen LogP contribution in [0.3, 0.4) is 0 Å². The molecule has 0 aromatic carbocycles.